The van der Waals surface area contributed by atoms with Crippen LogP contribution in [0.3, 0.4) is 0 Å². The fourth-order valence-corrected chi connectivity index (χ4v) is 4.86. The molecule has 1 unspecified atom stereocenters. The second-order valence-corrected chi connectivity index (χ2v) is 8.71. The van der Waals surface area contributed by atoms with Gasteiger partial charge in [-0.25, -0.2) is 0 Å². The second kappa shape index (κ2) is 7.61. The van der Waals surface area contributed by atoms with Gasteiger partial charge < -0.3 is 15.4 Å². The van der Waals surface area contributed by atoms with E-state index in [0.29, 0.717) is 39.4 Å². The summed E-state index contributed by atoms with van der Waals surface area (Å²) in [6.07, 6.45) is 0. The van der Waals surface area contributed by atoms with E-state index in [2.05, 4.69) is 0 Å². The number of morpholine rings is 1. The smallest absolute Gasteiger partial charge is 0.282 e. The third kappa shape index (κ3) is 3.77. The minimum atomic E-state index is -3.50. The first-order valence-corrected chi connectivity index (χ1v) is 10.2. The lowest BCUT2D eigenvalue weighted by Crippen LogP contribution is -2.59. The lowest BCUT2D eigenvalue weighted by molar-refractivity contribution is -0.138. The first-order chi connectivity index (χ1) is 12.3. The number of benzene rings is 1. The second-order valence-electron chi connectivity index (χ2n) is 6.78. The summed E-state index contributed by atoms with van der Waals surface area (Å²) < 4.78 is 33.5. The van der Waals surface area contributed by atoms with Gasteiger partial charge in [-0.2, -0.15) is 17.0 Å². The van der Waals surface area contributed by atoms with Crippen LogP contribution in [0.2, 0.25) is 0 Å². The van der Waals surface area contributed by atoms with Gasteiger partial charge in [0.25, 0.3) is 10.2 Å². The normalized spacial score (nSPS) is 22.8. The molecule has 26 heavy (non-hydrogen) atoms. The Kier molecular flexibility index (Phi) is 5.64. The maximum Gasteiger partial charge on any atom is 0.282 e. The highest BCUT2D eigenvalue weighted by Gasteiger charge is 2.38. The first kappa shape index (κ1) is 19.2. The van der Waals surface area contributed by atoms with Crippen LogP contribution in [0.4, 0.5) is 0 Å². The zero-order valence-electron chi connectivity index (χ0n) is 15.0. The monoisotopic (exact) mass is 382 g/mol. The Morgan fingerprint density at radius 1 is 1.00 bits per heavy atom. The molecule has 1 amide bonds. The molecule has 1 atom stereocenters. The van der Waals surface area contributed by atoms with Crippen molar-refractivity contribution in [3.8, 4) is 0 Å². The van der Waals surface area contributed by atoms with E-state index < -0.39 is 15.7 Å². The largest absolute Gasteiger partial charge is 0.379 e. The predicted molar refractivity (Wildman–Crippen MR) is 97.4 cm³/mol. The number of hydrogen-bond acceptors (Lipinski definition) is 5. The third-order valence-electron chi connectivity index (χ3n) is 4.97. The van der Waals surface area contributed by atoms with Crippen molar-refractivity contribution in [2.24, 2.45) is 5.73 Å². The van der Waals surface area contributed by atoms with Crippen molar-refractivity contribution < 1.29 is 17.9 Å². The molecule has 1 aromatic carbocycles. The van der Waals surface area contributed by atoms with Crippen LogP contribution < -0.4 is 5.73 Å². The number of hydrogen-bond donors (Lipinski definition) is 1. The van der Waals surface area contributed by atoms with Crippen molar-refractivity contribution in [1.29, 1.82) is 0 Å². The molecular formula is C17H26N4O4S. The van der Waals surface area contributed by atoms with E-state index >= 15 is 0 Å². The van der Waals surface area contributed by atoms with Gasteiger partial charge in [0, 0.05) is 39.3 Å². The van der Waals surface area contributed by atoms with Gasteiger partial charge in [0.2, 0.25) is 5.91 Å². The summed E-state index contributed by atoms with van der Waals surface area (Å²) in [5.41, 5.74) is 5.92. The summed E-state index contributed by atoms with van der Waals surface area (Å²) in [5, 5.41) is 0. The summed E-state index contributed by atoms with van der Waals surface area (Å²) in [5.74, 6) is -0.188. The van der Waals surface area contributed by atoms with Crippen LogP contribution >= 0.6 is 0 Å². The third-order valence-corrected chi connectivity index (χ3v) is 7.00. The molecule has 0 radical (unpaired) electrons. The molecule has 8 nitrogen and oxygen atoms in total. The minimum absolute atomic E-state index is 0.188. The van der Waals surface area contributed by atoms with E-state index in [-0.39, 0.29) is 19.0 Å². The Balaban J connectivity index is 1.64. The number of carbonyl (C=O) groups is 1. The molecule has 144 valence electrons. The van der Waals surface area contributed by atoms with Crippen LogP contribution in [-0.4, -0.2) is 80.3 Å². The van der Waals surface area contributed by atoms with Crippen molar-refractivity contribution in [2.45, 2.75) is 12.5 Å². The Morgan fingerprint density at radius 3 is 2.12 bits per heavy atom. The standard InChI is InChI=1S/C17H26N4O4S/c1-17(18,15-5-3-2-4-6-15)16(22)19-7-9-20(10-8-19)26(23,24)21-11-13-25-14-12-21/h2-6H,7-14,18H2,1H3. The van der Waals surface area contributed by atoms with Crippen LogP contribution in [0.1, 0.15) is 12.5 Å². The van der Waals surface area contributed by atoms with Crippen molar-refractivity contribution >= 4 is 16.1 Å². The van der Waals surface area contributed by atoms with E-state index in [1.54, 1.807) is 11.8 Å². The van der Waals surface area contributed by atoms with Gasteiger partial charge >= 0.3 is 0 Å². The van der Waals surface area contributed by atoms with Gasteiger partial charge in [0.15, 0.2) is 0 Å². The van der Waals surface area contributed by atoms with Gasteiger partial charge in [0.1, 0.15) is 5.54 Å². The number of amides is 1. The van der Waals surface area contributed by atoms with Crippen LogP contribution in [0.25, 0.3) is 0 Å². The summed E-state index contributed by atoms with van der Waals surface area (Å²) in [7, 11) is -3.50. The molecule has 2 aliphatic heterocycles. The van der Waals surface area contributed by atoms with Gasteiger partial charge in [-0.1, -0.05) is 30.3 Å². The molecule has 2 aliphatic rings. The fraction of sp³-hybridized carbons (Fsp3) is 0.588. The lowest BCUT2D eigenvalue weighted by atomic mass is 9.91. The summed E-state index contributed by atoms with van der Waals surface area (Å²) in [6, 6.07) is 9.23. The zero-order chi connectivity index (χ0) is 18.8. The Labute approximate surface area is 154 Å². The van der Waals surface area contributed by atoms with Gasteiger partial charge in [-0.3, -0.25) is 4.79 Å². The molecule has 3 rings (SSSR count). The fourth-order valence-electron chi connectivity index (χ4n) is 3.30. The summed E-state index contributed by atoms with van der Waals surface area (Å²) in [4.78, 5) is 14.5. The van der Waals surface area contributed by atoms with E-state index in [1.165, 1.54) is 8.61 Å². The Morgan fingerprint density at radius 2 is 1.54 bits per heavy atom. The number of nitrogens with two attached hydrogens (primary N) is 1. The molecule has 2 saturated heterocycles. The molecule has 2 fully saturated rings. The van der Waals surface area contributed by atoms with Crippen molar-refractivity contribution in [2.75, 3.05) is 52.5 Å². The quantitative estimate of drug-likeness (QED) is 0.763. The molecule has 0 bridgehead atoms. The highest BCUT2D eigenvalue weighted by atomic mass is 32.2. The van der Waals surface area contributed by atoms with E-state index in [9.17, 15) is 13.2 Å². The Hall–Kier alpha value is -1.52. The molecule has 0 saturated carbocycles. The number of ether oxygens (including phenoxy) is 1. The minimum Gasteiger partial charge on any atom is -0.379 e. The van der Waals surface area contributed by atoms with E-state index in [0.717, 1.165) is 5.56 Å². The highest BCUT2D eigenvalue weighted by molar-refractivity contribution is 7.86. The van der Waals surface area contributed by atoms with Crippen molar-refractivity contribution in [3.05, 3.63) is 35.9 Å². The maximum atomic E-state index is 12.9. The zero-order valence-corrected chi connectivity index (χ0v) is 15.8. The van der Waals surface area contributed by atoms with E-state index in [1.807, 2.05) is 30.3 Å². The molecule has 2 heterocycles. The lowest BCUT2D eigenvalue weighted by Gasteiger charge is -2.40. The van der Waals surface area contributed by atoms with Crippen molar-refractivity contribution in [1.82, 2.24) is 13.5 Å². The molecule has 0 aromatic heterocycles. The number of rotatable bonds is 4. The number of piperazine rings is 1. The van der Waals surface area contributed by atoms with Crippen LogP contribution in [0.5, 0.6) is 0 Å². The topological polar surface area (TPSA) is 96.2 Å². The van der Waals surface area contributed by atoms with Crippen LogP contribution in [0, 0.1) is 0 Å². The predicted octanol–water partition coefficient (Wildman–Crippen LogP) is -0.418. The molecule has 1 aromatic rings. The number of nitrogens with zero attached hydrogens (tertiary/aromatic N) is 3. The van der Waals surface area contributed by atoms with Gasteiger partial charge in [-0.15, -0.1) is 0 Å². The van der Waals surface area contributed by atoms with Gasteiger partial charge in [-0.05, 0) is 12.5 Å². The Bertz CT molecular complexity index is 724. The first-order valence-electron chi connectivity index (χ1n) is 8.80. The maximum absolute atomic E-state index is 12.9. The van der Waals surface area contributed by atoms with Gasteiger partial charge in [0.05, 0.1) is 13.2 Å². The van der Waals surface area contributed by atoms with Crippen LogP contribution in [-0.2, 0) is 25.3 Å². The van der Waals surface area contributed by atoms with E-state index in [4.69, 9.17) is 10.5 Å². The summed E-state index contributed by atoms with van der Waals surface area (Å²) >= 11 is 0. The molecule has 0 aliphatic carbocycles. The number of carbonyl (C=O) groups excluding carboxylic acids is 1. The molecular weight excluding hydrogens is 356 g/mol. The molecule has 9 heteroatoms. The van der Waals surface area contributed by atoms with Crippen molar-refractivity contribution in [3.63, 3.8) is 0 Å². The highest BCUT2D eigenvalue weighted by Crippen LogP contribution is 2.22. The average molecular weight is 382 g/mol. The SMILES string of the molecule is CC(N)(C(=O)N1CCN(S(=O)(=O)N2CCOCC2)CC1)c1ccccc1. The molecule has 2 N–H and O–H groups in total. The summed E-state index contributed by atoms with van der Waals surface area (Å²) in [6.45, 7) is 4.49. The molecule has 0 spiro atoms. The average Bonchev–Trinajstić information content (AvgIpc) is 2.69. The van der Waals surface area contributed by atoms with Crippen LogP contribution in [0.15, 0.2) is 30.3 Å².